The van der Waals surface area contributed by atoms with Crippen molar-refractivity contribution in [2.24, 2.45) is 0 Å². The number of carboxylic acid groups (broad SMARTS) is 1. The van der Waals surface area contributed by atoms with Gasteiger partial charge in [0.05, 0.1) is 5.02 Å². The highest BCUT2D eigenvalue weighted by Crippen LogP contribution is 2.27. The van der Waals surface area contributed by atoms with Gasteiger partial charge in [-0.25, -0.2) is 0 Å². The standard InChI is InChI=1S/C11H11Cl2NO4/c1-6(11(16)17)14-10(15)5-18-9-3-2-7(12)4-8(9)13/h2-4,6H,5H2,1H3,(H,14,15)(H,16,17)/t6-/m0/s1. The Morgan fingerprint density at radius 3 is 2.67 bits per heavy atom. The van der Waals surface area contributed by atoms with Gasteiger partial charge in [-0.1, -0.05) is 23.2 Å². The normalized spacial score (nSPS) is 11.7. The maximum absolute atomic E-state index is 11.3. The second kappa shape index (κ2) is 6.47. The molecule has 0 fully saturated rings. The lowest BCUT2D eigenvalue weighted by Crippen LogP contribution is -2.40. The molecule has 2 N–H and O–H groups in total. The van der Waals surface area contributed by atoms with E-state index in [0.717, 1.165) is 0 Å². The van der Waals surface area contributed by atoms with Crippen LogP contribution in [0.1, 0.15) is 6.92 Å². The van der Waals surface area contributed by atoms with E-state index >= 15 is 0 Å². The molecule has 1 aromatic rings. The number of nitrogens with one attached hydrogen (secondary N) is 1. The maximum atomic E-state index is 11.3. The highest BCUT2D eigenvalue weighted by atomic mass is 35.5. The molecular formula is C11H11Cl2NO4. The molecule has 1 aromatic carbocycles. The van der Waals surface area contributed by atoms with Crippen molar-refractivity contribution in [2.75, 3.05) is 6.61 Å². The molecule has 5 nitrogen and oxygen atoms in total. The van der Waals surface area contributed by atoms with Gasteiger partial charge in [-0.05, 0) is 25.1 Å². The topological polar surface area (TPSA) is 75.6 Å². The van der Waals surface area contributed by atoms with Crippen LogP contribution in [0, 0.1) is 0 Å². The van der Waals surface area contributed by atoms with Gasteiger partial charge in [-0.3, -0.25) is 9.59 Å². The summed E-state index contributed by atoms with van der Waals surface area (Å²) in [5, 5.41) is 11.6. The molecule has 0 aliphatic carbocycles. The highest BCUT2D eigenvalue weighted by molar-refractivity contribution is 6.35. The molecule has 0 aliphatic rings. The lowest BCUT2D eigenvalue weighted by atomic mass is 10.3. The third-order valence-corrected chi connectivity index (χ3v) is 2.53. The summed E-state index contributed by atoms with van der Waals surface area (Å²) in [6, 6.07) is 3.61. The predicted octanol–water partition coefficient (Wildman–Crippen LogP) is 1.96. The minimum absolute atomic E-state index is 0.279. The van der Waals surface area contributed by atoms with E-state index in [0.29, 0.717) is 10.8 Å². The van der Waals surface area contributed by atoms with Crippen molar-refractivity contribution in [1.82, 2.24) is 5.32 Å². The van der Waals surface area contributed by atoms with E-state index in [4.69, 9.17) is 33.0 Å². The molecule has 0 heterocycles. The average molecular weight is 292 g/mol. The third-order valence-electron chi connectivity index (χ3n) is 2.00. The Bertz CT molecular complexity index is 464. The minimum Gasteiger partial charge on any atom is -0.482 e. The van der Waals surface area contributed by atoms with Gasteiger partial charge in [-0.2, -0.15) is 0 Å². The molecule has 7 heteroatoms. The lowest BCUT2D eigenvalue weighted by Gasteiger charge is -2.11. The number of aliphatic carboxylic acids is 1. The van der Waals surface area contributed by atoms with E-state index in [1.807, 2.05) is 0 Å². The first-order valence-electron chi connectivity index (χ1n) is 5.00. The number of amides is 1. The summed E-state index contributed by atoms with van der Waals surface area (Å²) in [6.07, 6.45) is 0. The Morgan fingerprint density at radius 2 is 2.11 bits per heavy atom. The maximum Gasteiger partial charge on any atom is 0.325 e. The molecule has 0 radical (unpaired) electrons. The van der Waals surface area contributed by atoms with E-state index in [-0.39, 0.29) is 11.6 Å². The van der Waals surface area contributed by atoms with E-state index < -0.39 is 17.9 Å². The Kier molecular flexibility index (Phi) is 5.25. The van der Waals surface area contributed by atoms with Crippen molar-refractivity contribution in [3.8, 4) is 5.75 Å². The molecule has 0 spiro atoms. The molecule has 0 unspecified atom stereocenters. The number of benzene rings is 1. The largest absolute Gasteiger partial charge is 0.482 e. The summed E-state index contributed by atoms with van der Waals surface area (Å²) in [7, 11) is 0. The zero-order valence-electron chi connectivity index (χ0n) is 9.44. The lowest BCUT2D eigenvalue weighted by molar-refractivity contribution is -0.141. The molecular weight excluding hydrogens is 281 g/mol. The minimum atomic E-state index is -1.12. The fourth-order valence-electron chi connectivity index (χ4n) is 1.08. The third kappa shape index (κ3) is 4.43. The second-order valence-corrected chi connectivity index (χ2v) is 4.33. The van der Waals surface area contributed by atoms with Crippen molar-refractivity contribution < 1.29 is 19.4 Å². The Hall–Kier alpha value is -1.46. The van der Waals surface area contributed by atoms with E-state index in [2.05, 4.69) is 5.32 Å². The smallest absolute Gasteiger partial charge is 0.325 e. The van der Waals surface area contributed by atoms with Gasteiger partial charge < -0.3 is 15.2 Å². The predicted molar refractivity (Wildman–Crippen MR) is 67.2 cm³/mol. The second-order valence-electron chi connectivity index (χ2n) is 3.49. The Labute approximate surface area is 114 Å². The van der Waals surface area contributed by atoms with Gasteiger partial charge in [-0.15, -0.1) is 0 Å². The van der Waals surface area contributed by atoms with Crippen molar-refractivity contribution >= 4 is 35.1 Å². The van der Waals surface area contributed by atoms with Crippen LogP contribution < -0.4 is 10.1 Å². The van der Waals surface area contributed by atoms with Crippen molar-refractivity contribution in [1.29, 1.82) is 0 Å². The first-order valence-corrected chi connectivity index (χ1v) is 5.75. The summed E-state index contributed by atoms with van der Waals surface area (Å²) in [4.78, 5) is 21.9. The van der Waals surface area contributed by atoms with Crippen LogP contribution >= 0.6 is 23.2 Å². The van der Waals surface area contributed by atoms with Crippen LogP contribution in [0.4, 0.5) is 0 Å². The summed E-state index contributed by atoms with van der Waals surface area (Å²) >= 11 is 11.5. The number of carbonyl (C=O) groups excluding carboxylic acids is 1. The van der Waals surface area contributed by atoms with Gasteiger partial charge in [0.15, 0.2) is 6.61 Å². The van der Waals surface area contributed by atoms with Gasteiger partial charge >= 0.3 is 5.97 Å². The number of rotatable bonds is 5. The summed E-state index contributed by atoms with van der Waals surface area (Å²) in [5.74, 6) is -1.36. The van der Waals surface area contributed by atoms with E-state index in [9.17, 15) is 9.59 Å². The summed E-state index contributed by atoms with van der Waals surface area (Å²) in [5.41, 5.74) is 0. The highest BCUT2D eigenvalue weighted by Gasteiger charge is 2.14. The van der Waals surface area contributed by atoms with E-state index in [1.54, 1.807) is 6.07 Å². The quantitative estimate of drug-likeness (QED) is 0.870. The average Bonchev–Trinajstić information content (AvgIpc) is 2.27. The van der Waals surface area contributed by atoms with Crippen LogP contribution in [0.25, 0.3) is 0 Å². The van der Waals surface area contributed by atoms with Crippen molar-refractivity contribution in [3.63, 3.8) is 0 Å². The van der Waals surface area contributed by atoms with E-state index in [1.165, 1.54) is 19.1 Å². The van der Waals surface area contributed by atoms with Crippen LogP contribution in [0.5, 0.6) is 5.75 Å². The molecule has 0 aromatic heterocycles. The Balaban J connectivity index is 2.50. The zero-order valence-corrected chi connectivity index (χ0v) is 11.0. The Morgan fingerprint density at radius 1 is 1.44 bits per heavy atom. The van der Waals surface area contributed by atoms with Crippen LogP contribution in [-0.2, 0) is 9.59 Å². The van der Waals surface area contributed by atoms with Crippen LogP contribution in [0.2, 0.25) is 10.0 Å². The molecule has 0 saturated carbocycles. The fraction of sp³-hybridized carbons (Fsp3) is 0.273. The molecule has 1 rings (SSSR count). The van der Waals surface area contributed by atoms with Crippen LogP contribution in [-0.4, -0.2) is 29.6 Å². The molecule has 18 heavy (non-hydrogen) atoms. The fourth-order valence-corrected chi connectivity index (χ4v) is 1.54. The van der Waals surface area contributed by atoms with Gasteiger partial charge in [0.25, 0.3) is 5.91 Å². The first kappa shape index (κ1) is 14.6. The van der Waals surface area contributed by atoms with Crippen LogP contribution in [0.15, 0.2) is 18.2 Å². The van der Waals surface area contributed by atoms with Gasteiger partial charge in [0, 0.05) is 5.02 Å². The van der Waals surface area contributed by atoms with Crippen LogP contribution in [0.3, 0.4) is 0 Å². The molecule has 0 aliphatic heterocycles. The first-order chi connectivity index (χ1) is 8.40. The molecule has 1 atom stereocenters. The molecule has 0 saturated heterocycles. The molecule has 1 amide bonds. The number of halogens is 2. The molecule has 98 valence electrons. The van der Waals surface area contributed by atoms with Crippen molar-refractivity contribution in [2.45, 2.75) is 13.0 Å². The zero-order chi connectivity index (χ0) is 13.7. The molecule has 0 bridgehead atoms. The van der Waals surface area contributed by atoms with Gasteiger partial charge in [0.2, 0.25) is 0 Å². The number of hydrogen-bond acceptors (Lipinski definition) is 3. The SMILES string of the molecule is C[C@H](NC(=O)COc1ccc(Cl)cc1Cl)C(=O)O. The number of hydrogen-bond donors (Lipinski definition) is 2. The van der Waals surface area contributed by atoms with Crippen molar-refractivity contribution in [3.05, 3.63) is 28.2 Å². The number of ether oxygens (including phenoxy) is 1. The summed E-state index contributed by atoms with van der Waals surface area (Å²) in [6.45, 7) is 1.04. The van der Waals surface area contributed by atoms with Gasteiger partial charge in [0.1, 0.15) is 11.8 Å². The number of carbonyl (C=O) groups is 2. The number of carboxylic acids is 1. The summed E-state index contributed by atoms with van der Waals surface area (Å²) < 4.78 is 5.14. The monoisotopic (exact) mass is 291 g/mol.